The van der Waals surface area contributed by atoms with Crippen molar-refractivity contribution in [3.05, 3.63) is 65.2 Å². The summed E-state index contributed by atoms with van der Waals surface area (Å²) in [5, 5.41) is 0. The van der Waals surface area contributed by atoms with Crippen LogP contribution in [-0.4, -0.2) is 12.5 Å². The van der Waals surface area contributed by atoms with Gasteiger partial charge in [-0.25, -0.2) is 0 Å². The van der Waals surface area contributed by atoms with E-state index in [1.807, 2.05) is 6.92 Å². The Balaban J connectivity index is 0.000000219. The van der Waals surface area contributed by atoms with E-state index in [2.05, 4.69) is 38.1 Å². The van der Waals surface area contributed by atoms with Crippen LogP contribution in [0.4, 0.5) is 0 Å². The average Bonchev–Trinajstić information content (AvgIpc) is 2.50. The molecule has 112 valence electrons. The van der Waals surface area contributed by atoms with Gasteiger partial charge in [0.2, 0.25) is 5.91 Å². The number of carbonyl (C=O) groups excluding carboxylic acids is 1. The lowest BCUT2D eigenvalue weighted by Gasteiger charge is -2.02. The lowest BCUT2D eigenvalue weighted by molar-refractivity contribution is 0.100. The number of ether oxygens (including phenoxy) is 1. The molecule has 0 aliphatic carbocycles. The maximum atomic E-state index is 10.7. The normalized spacial score (nSPS) is 9.48. The Morgan fingerprint density at radius 1 is 1.00 bits per heavy atom. The molecule has 0 radical (unpaired) electrons. The third-order valence-corrected chi connectivity index (χ3v) is 2.98. The maximum Gasteiger partial charge on any atom is 0.248 e. The van der Waals surface area contributed by atoms with Crippen LogP contribution in [0.15, 0.2) is 48.5 Å². The second kappa shape index (κ2) is 8.80. The monoisotopic (exact) mass is 285 g/mol. The van der Waals surface area contributed by atoms with Crippen molar-refractivity contribution in [2.45, 2.75) is 27.2 Å². The summed E-state index contributed by atoms with van der Waals surface area (Å²) in [4.78, 5) is 10.7. The zero-order valence-electron chi connectivity index (χ0n) is 12.9. The molecule has 3 heteroatoms. The first-order valence-electron chi connectivity index (χ1n) is 7.15. The standard InChI is InChI=1S/C9H11NO2.C9H12/c1-2-12-8-5-3-7(4-6-8)9(10)11;1-3-9-6-4-8(2)5-7-9/h3-6H,2H2,1H3,(H2,10,11);4-7H,3H2,1-2H3. The molecule has 0 aromatic heterocycles. The van der Waals surface area contributed by atoms with Gasteiger partial charge in [-0.05, 0) is 50.1 Å². The van der Waals surface area contributed by atoms with Crippen molar-refractivity contribution in [2.24, 2.45) is 5.73 Å². The summed E-state index contributed by atoms with van der Waals surface area (Å²) in [7, 11) is 0. The van der Waals surface area contributed by atoms with Crippen LogP contribution in [0.3, 0.4) is 0 Å². The van der Waals surface area contributed by atoms with Crippen molar-refractivity contribution in [3.63, 3.8) is 0 Å². The lowest BCUT2D eigenvalue weighted by Crippen LogP contribution is -2.10. The van der Waals surface area contributed by atoms with Crippen molar-refractivity contribution < 1.29 is 9.53 Å². The van der Waals surface area contributed by atoms with Crippen molar-refractivity contribution in [2.75, 3.05) is 6.61 Å². The summed E-state index contributed by atoms with van der Waals surface area (Å²) in [6.45, 7) is 6.81. The van der Waals surface area contributed by atoms with Crippen LogP contribution in [-0.2, 0) is 6.42 Å². The van der Waals surface area contributed by atoms with Crippen molar-refractivity contribution in [3.8, 4) is 5.75 Å². The van der Waals surface area contributed by atoms with Crippen molar-refractivity contribution in [1.29, 1.82) is 0 Å². The number of hydrogen-bond acceptors (Lipinski definition) is 2. The molecule has 0 atom stereocenters. The zero-order chi connectivity index (χ0) is 15.7. The molecule has 0 fully saturated rings. The van der Waals surface area contributed by atoms with Crippen LogP contribution in [0.1, 0.15) is 35.3 Å². The van der Waals surface area contributed by atoms with Gasteiger partial charge in [0.15, 0.2) is 0 Å². The molecule has 0 spiro atoms. The molecule has 3 nitrogen and oxygen atoms in total. The molecule has 0 unspecified atom stereocenters. The number of amides is 1. The molecule has 21 heavy (non-hydrogen) atoms. The first kappa shape index (κ1) is 16.8. The molecule has 2 aromatic carbocycles. The number of nitrogens with two attached hydrogens (primary N) is 1. The summed E-state index contributed by atoms with van der Waals surface area (Å²) in [5.41, 5.74) is 8.31. The van der Waals surface area contributed by atoms with Gasteiger partial charge in [0, 0.05) is 5.56 Å². The Kier molecular flexibility index (Phi) is 7.02. The van der Waals surface area contributed by atoms with E-state index < -0.39 is 5.91 Å². The van der Waals surface area contributed by atoms with Crippen LogP contribution in [0.2, 0.25) is 0 Å². The lowest BCUT2D eigenvalue weighted by atomic mass is 10.1. The summed E-state index contributed by atoms with van der Waals surface area (Å²) >= 11 is 0. The minimum Gasteiger partial charge on any atom is -0.494 e. The van der Waals surface area contributed by atoms with E-state index in [0.717, 1.165) is 12.2 Å². The third kappa shape index (κ3) is 6.13. The first-order valence-corrected chi connectivity index (χ1v) is 7.15. The van der Waals surface area contributed by atoms with Gasteiger partial charge in [-0.2, -0.15) is 0 Å². The molecule has 0 saturated carbocycles. The fourth-order valence-corrected chi connectivity index (χ4v) is 1.71. The smallest absolute Gasteiger partial charge is 0.248 e. The topological polar surface area (TPSA) is 52.3 Å². The largest absolute Gasteiger partial charge is 0.494 e. The molecule has 1 amide bonds. The molecule has 0 bridgehead atoms. The number of aryl methyl sites for hydroxylation is 2. The highest BCUT2D eigenvalue weighted by atomic mass is 16.5. The SMILES string of the molecule is CCOc1ccc(C(N)=O)cc1.CCc1ccc(C)cc1. The summed E-state index contributed by atoms with van der Waals surface area (Å²) < 4.78 is 5.19. The maximum absolute atomic E-state index is 10.7. The van der Waals surface area contributed by atoms with Crippen LogP contribution >= 0.6 is 0 Å². The molecule has 2 rings (SSSR count). The molecule has 0 aliphatic rings. The Morgan fingerprint density at radius 3 is 2.00 bits per heavy atom. The zero-order valence-corrected chi connectivity index (χ0v) is 12.9. The van der Waals surface area contributed by atoms with Crippen molar-refractivity contribution >= 4 is 5.91 Å². The van der Waals surface area contributed by atoms with E-state index in [9.17, 15) is 4.79 Å². The van der Waals surface area contributed by atoms with Crippen molar-refractivity contribution in [1.82, 2.24) is 0 Å². The number of hydrogen-bond donors (Lipinski definition) is 1. The number of rotatable bonds is 4. The van der Waals surface area contributed by atoms with E-state index in [-0.39, 0.29) is 0 Å². The Hall–Kier alpha value is -2.29. The molecule has 2 N–H and O–H groups in total. The van der Waals surface area contributed by atoms with Crippen LogP contribution in [0, 0.1) is 6.92 Å². The molecule has 0 saturated heterocycles. The van der Waals surface area contributed by atoms with Gasteiger partial charge in [0.05, 0.1) is 6.61 Å². The summed E-state index contributed by atoms with van der Waals surface area (Å²) in [6.07, 6.45) is 1.14. The Labute approximate surface area is 126 Å². The predicted octanol–water partition coefficient (Wildman–Crippen LogP) is 3.74. The highest BCUT2D eigenvalue weighted by Crippen LogP contribution is 2.11. The minimum absolute atomic E-state index is 0.418. The number of primary amides is 1. The fourth-order valence-electron chi connectivity index (χ4n) is 1.71. The number of carbonyl (C=O) groups is 1. The van der Waals surface area contributed by atoms with E-state index in [1.165, 1.54) is 11.1 Å². The molecule has 0 aliphatic heterocycles. The van der Waals surface area contributed by atoms with Gasteiger partial charge in [-0.1, -0.05) is 36.8 Å². The highest BCUT2D eigenvalue weighted by molar-refractivity contribution is 5.92. The molecular weight excluding hydrogens is 262 g/mol. The number of benzene rings is 2. The van der Waals surface area contributed by atoms with E-state index in [4.69, 9.17) is 10.5 Å². The Bertz CT molecular complexity index is 544. The minimum atomic E-state index is -0.418. The quantitative estimate of drug-likeness (QED) is 0.930. The first-order chi connectivity index (χ1) is 10.1. The van der Waals surface area contributed by atoms with E-state index in [0.29, 0.717) is 12.2 Å². The average molecular weight is 285 g/mol. The molecule has 2 aromatic rings. The molecular formula is C18H23NO2. The van der Waals surface area contributed by atoms with Gasteiger partial charge in [-0.15, -0.1) is 0 Å². The van der Waals surface area contributed by atoms with Gasteiger partial charge in [-0.3, -0.25) is 4.79 Å². The predicted molar refractivity (Wildman–Crippen MR) is 86.7 cm³/mol. The highest BCUT2D eigenvalue weighted by Gasteiger charge is 1.98. The summed E-state index contributed by atoms with van der Waals surface area (Å²) in [5.74, 6) is 0.334. The Morgan fingerprint density at radius 2 is 1.57 bits per heavy atom. The third-order valence-electron chi connectivity index (χ3n) is 2.98. The van der Waals surface area contributed by atoms with E-state index in [1.54, 1.807) is 24.3 Å². The second-order valence-corrected chi connectivity index (χ2v) is 4.66. The van der Waals surface area contributed by atoms with Crippen LogP contribution < -0.4 is 10.5 Å². The second-order valence-electron chi connectivity index (χ2n) is 4.66. The van der Waals surface area contributed by atoms with Gasteiger partial charge >= 0.3 is 0 Å². The summed E-state index contributed by atoms with van der Waals surface area (Å²) in [6, 6.07) is 15.4. The van der Waals surface area contributed by atoms with Crippen LogP contribution in [0.5, 0.6) is 5.75 Å². The van der Waals surface area contributed by atoms with Crippen LogP contribution in [0.25, 0.3) is 0 Å². The van der Waals surface area contributed by atoms with Gasteiger partial charge in [0.25, 0.3) is 0 Å². The van der Waals surface area contributed by atoms with Gasteiger partial charge < -0.3 is 10.5 Å². The molecule has 0 heterocycles. The van der Waals surface area contributed by atoms with Gasteiger partial charge in [0.1, 0.15) is 5.75 Å². The fraction of sp³-hybridized carbons (Fsp3) is 0.278. The van der Waals surface area contributed by atoms with E-state index >= 15 is 0 Å².